The van der Waals surface area contributed by atoms with Gasteiger partial charge in [0.2, 0.25) is 0 Å². The first-order valence-corrected chi connectivity index (χ1v) is 12.7. The van der Waals surface area contributed by atoms with E-state index in [2.05, 4.69) is 95.5 Å². The number of nitrogens with zero attached hydrogens (tertiary/aromatic N) is 3. The minimum atomic E-state index is -0.995. The molecule has 1 radical (unpaired) electrons. The van der Waals surface area contributed by atoms with Crippen molar-refractivity contribution < 1.29 is 30.0 Å². The molecule has 0 saturated heterocycles. The van der Waals surface area contributed by atoms with E-state index in [0.717, 1.165) is 22.2 Å². The van der Waals surface area contributed by atoms with Gasteiger partial charge in [-0.3, -0.25) is 4.98 Å². The van der Waals surface area contributed by atoms with Crippen molar-refractivity contribution in [1.82, 2.24) is 14.5 Å². The number of para-hydroxylation sites is 2. The number of benzene rings is 4. The Kier molecular flexibility index (Phi) is 6.51. The first-order chi connectivity index (χ1) is 19.1. The maximum absolute atomic E-state index is 10.6. The zero-order chi connectivity index (χ0) is 26.5. The average Bonchev–Trinajstić information content (AvgIpc) is 3.53. The predicted molar refractivity (Wildman–Crippen MR) is 158 cm³/mol. The molecule has 8 rings (SSSR count). The Balaban J connectivity index is 0.000000176. The van der Waals surface area contributed by atoms with E-state index in [0.29, 0.717) is 5.52 Å². The maximum atomic E-state index is 10.6. The van der Waals surface area contributed by atoms with Crippen molar-refractivity contribution in [3.63, 3.8) is 0 Å². The van der Waals surface area contributed by atoms with Crippen molar-refractivity contribution in [3.8, 4) is 11.3 Å². The van der Waals surface area contributed by atoms with Gasteiger partial charge in [0.15, 0.2) is 0 Å². The van der Waals surface area contributed by atoms with Crippen LogP contribution in [0.15, 0.2) is 97.1 Å². The number of aromatic carboxylic acids is 1. The largest absolute Gasteiger partial charge is 0.477 e. The second kappa shape index (κ2) is 10.2. The number of aromatic nitrogens is 3. The number of aryl methyl sites for hydroxylation is 1. The van der Waals surface area contributed by atoms with Crippen LogP contribution in [0.4, 0.5) is 0 Å². The molecule has 6 heteroatoms. The summed E-state index contributed by atoms with van der Waals surface area (Å²) in [5.41, 5.74) is 8.79. The molecular weight excluding hydrogens is 675 g/mol. The van der Waals surface area contributed by atoms with Crippen molar-refractivity contribution in [2.45, 2.75) is 0 Å². The van der Waals surface area contributed by atoms with E-state index in [1.165, 1.54) is 44.4 Å². The van der Waals surface area contributed by atoms with Crippen molar-refractivity contribution in [2.75, 3.05) is 0 Å². The minimum absolute atomic E-state index is 0. The van der Waals surface area contributed by atoms with Gasteiger partial charge in [-0.25, -0.2) is 9.78 Å². The number of carboxylic acid groups (broad SMARTS) is 1. The Morgan fingerprint density at radius 1 is 0.775 bits per heavy atom. The van der Waals surface area contributed by atoms with Crippen molar-refractivity contribution in [2.24, 2.45) is 7.05 Å². The number of rotatable bonds is 2. The Morgan fingerprint density at radius 3 is 2.42 bits per heavy atom. The molecule has 1 aliphatic carbocycles. The third-order valence-corrected chi connectivity index (χ3v) is 7.28. The second-order valence-corrected chi connectivity index (χ2v) is 9.59. The van der Waals surface area contributed by atoms with Gasteiger partial charge in [-0.15, -0.1) is 23.8 Å². The molecule has 3 aromatic heterocycles. The van der Waals surface area contributed by atoms with E-state index in [9.17, 15) is 4.79 Å². The predicted octanol–water partition coefficient (Wildman–Crippen LogP) is 7.76. The quantitative estimate of drug-likeness (QED) is 0.188. The maximum Gasteiger partial charge on any atom is 0.354 e. The zero-order valence-corrected chi connectivity index (χ0v) is 23.8. The van der Waals surface area contributed by atoms with Crippen LogP contribution in [0.3, 0.4) is 0 Å². The Labute approximate surface area is 243 Å². The molecule has 5 nitrogen and oxygen atoms in total. The summed E-state index contributed by atoms with van der Waals surface area (Å²) in [6.07, 6.45) is 4.35. The van der Waals surface area contributed by atoms with Crippen LogP contribution >= 0.6 is 0 Å². The summed E-state index contributed by atoms with van der Waals surface area (Å²) in [7, 11) is 2.11. The van der Waals surface area contributed by atoms with Crippen LogP contribution in [0.1, 0.15) is 21.6 Å². The molecule has 0 spiro atoms. The van der Waals surface area contributed by atoms with Crippen molar-refractivity contribution >= 4 is 61.7 Å². The molecule has 0 fully saturated rings. The van der Waals surface area contributed by atoms with Crippen molar-refractivity contribution in [1.29, 1.82) is 0 Å². The van der Waals surface area contributed by atoms with E-state index >= 15 is 0 Å². The summed E-state index contributed by atoms with van der Waals surface area (Å²) in [5.74, 6) is -0.995. The molecule has 0 unspecified atom stereocenters. The molecule has 4 aromatic carbocycles. The molecular formula is C34H22IrN3O2-. The summed E-state index contributed by atoms with van der Waals surface area (Å²) < 4.78 is 2.23. The first-order valence-electron chi connectivity index (χ1n) is 12.7. The normalized spacial score (nSPS) is 11.5. The fraction of sp³-hybridized carbons (Fsp3) is 0.0294. The SMILES string of the molecule is Cn1c2c[c-]c(-c3cc4c5c(cccc5n3)C=C4)cc2c2ccccc21.O=C(O)c1ccc2ccccc2n1.[Ir]. The zero-order valence-electron chi connectivity index (χ0n) is 21.4. The Bertz CT molecular complexity index is 2130. The monoisotopic (exact) mass is 697 g/mol. The van der Waals surface area contributed by atoms with Crippen LogP contribution in [0.5, 0.6) is 0 Å². The number of fused-ring (bicyclic) bond motifs is 4. The molecule has 0 atom stereocenters. The van der Waals surface area contributed by atoms with Crippen LogP contribution in [0, 0.1) is 6.07 Å². The van der Waals surface area contributed by atoms with Gasteiger partial charge in [-0.2, -0.15) is 0 Å². The van der Waals surface area contributed by atoms with E-state index in [-0.39, 0.29) is 25.8 Å². The number of hydrogen-bond acceptors (Lipinski definition) is 3. The smallest absolute Gasteiger partial charge is 0.354 e. The molecule has 195 valence electrons. The standard InChI is InChI=1S/C24H15N2.C10H7NO2.Ir/c1-26-22-8-3-2-6-18(22)19-13-16(11-12-23(19)26)21-14-17-10-9-15-5-4-7-20(25-21)24(15)17;12-10(13)9-6-5-7-3-1-2-4-8(7)11-9;/h2-10,12-14H,1H3;1-6H,(H,12,13);/q-1;;. The van der Waals surface area contributed by atoms with E-state index in [1.807, 2.05) is 18.2 Å². The van der Waals surface area contributed by atoms with Gasteiger partial charge >= 0.3 is 5.97 Å². The summed E-state index contributed by atoms with van der Waals surface area (Å²) in [5, 5.41) is 13.4. The summed E-state index contributed by atoms with van der Waals surface area (Å²) >= 11 is 0. The van der Waals surface area contributed by atoms with Gasteiger partial charge in [0.25, 0.3) is 0 Å². The van der Waals surface area contributed by atoms with Gasteiger partial charge in [0.05, 0.1) is 11.0 Å². The minimum Gasteiger partial charge on any atom is -0.477 e. The molecule has 1 aliphatic rings. The van der Waals surface area contributed by atoms with Crippen LogP contribution in [-0.2, 0) is 27.2 Å². The molecule has 3 heterocycles. The summed E-state index contributed by atoms with van der Waals surface area (Å²) in [6.45, 7) is 0. The summed E-state index contributed by atoms with van der Waals surface area (Å²) in [6, 6.07) is 35.5. The topological polar surface area (TPSA) is 68.0 Å². The van der Waals surface area contributed by atoms with Gasteiger partial charge < -0.3 is 9.67 Å². The van der Waals surface area contributed by atoms with Crippen LogP contribution in [0.2, 0.25) is 0 Å². The molecule has 0 amide bonds. The van der Waals surface area contributed by atoms with Gasteiger partial charge in [-0.05, 0) is 52.0 Å². The van der Waals surface area contributed by atoms with E-state index in [4.69, 9.17) is 10.1 Å². The second-order valence-electron chi connectivity index (χ2n) is 9.59. The number of carboxylic acids is 1. The summed E-state index contributed by atoms with van der Waals surface area (Å²) in [4.78, 5) is 19.5. The molecule has 40 heavy (non-hydrogen) atoms. The van der Waals surface area contributed by atoms with E-state index in [1.54, 1.807) is 12.1 Å². The van der Waals surface area contributed by atoms with Crippen molar-refractivity contribution in [3.05, 3.63) is 120 Å². The number of pyridine rings is 2. The van der Waals surface area contributed by atoms with Gasteiger partial charge in [0, 0.05) is 43.4 Å². The molecule has 0 saturated carbocycles. The number of hydrogen-bond donors (Lipinski definition) is 1. The molecule has 0 bridgehead atoms. The molecule has 0 aliphatic heterocycles. The Hall–Kier alpha value is -4.64. The van der Waals surface area contributed by atoms with Gasteiger partial charge in [0.1, 0.15) is 5.69 Å². The van der Waals surface area contributed by atoms with Gasteiger partial charge in [-0.1, -0.05) is 78.2 Å². The third-order valence-electron chi connectivity index (χ3n) is 7.28. The molecule has 7 aromatic rings. The fourth-order valence-corrected chi connectivity index (χ4v) is 5.37. The van der Waals surface area contributed by atoms with Crippen LogP contribution in [-0.4, -0.2) is 25.6 Å². The third kappa shape index (κ3) is 4.28. The Morgan fingerprint density at radius 2 is 1.55 bits per heavy atom. The number of carbonyl (C=O) groups is 1. The average molecular weight is 697 g/mol. The first kappa shape index (κ1) is 25.6. The van der Waals surface area contributed by atoms with Crippen LogP contribution < -0.4 is 0 Å². The van der Waals surface area contributed by atoms with E-state index < -0.39 is 5.97 Å². The van der Waals surface area contributed by atoms with Crippen LogP contribution in [0.25, 0.3) is 67.0 Å². The fourth-order valence-electron chi connectivity index (χ4n) is 5.37. The molecule has 1 N–H and O–H groups in total.